The van der Waals surface area contributed by atoms with Gasteiger partial charge in [0.15, 0.2) is 0 Å². The molecule has 0 atom stereocenters. The molecule has 0 aliphatic carbocycles. The van der Waals surface area contributed by atoms with Gasteiger partial charge in [-0.1, -0.05) is 6.07 Å². The van der Waals surface area contributed by atoms with Crippen LogP contribution in [0.4, 0.5) is 0 Å². The van der Waals surface area contributed by atoms with Crippen LogP contribution in [0.3, 0.4) is 0 Å². The second-order valence-electron chi connectivity index (χ2n) is 5.30. The van der Waals surface area contributed by atoms with E-state index in [-0.39, 0.29) is 5.63 Å². The molecular weight excluding hydrogens is 252 g/mol. The summed E-state index contributed by atoms with van der Waals surface area (Å²) in [6.07, 6.45) is 5.96. The highest BCUT2D eigenvalue weighted by atomic mass is 16.4. The second-order valence-corrected chi connectivity index (χ2v) is 5.30. The molecule has 1 aromatic carbocycles. The van der Waals surface area contributed by atoms with Crippen molar-refractivity contribution in [3.8, 4) is 0 Å². The molecule has 4 heteroatoms. The summed E-state index contributed by atoms with van der Waals surface area (Å²) in [6, 6.07) is 5.62. The summed E-state index contributed by atoms with van der Waals surface area (Å²) < 4.78 is 9.36. The maximum absolute atomic E-state index is 11.7. The molecule has 0 N–H and O–H groups in total. The zero-order chi connectivity index (χ0) is 14.3. The van der Waals surface area contributed by atoms with Gasteiger partial charge in [0, 0.05) is 17.0 Å². The number of imidazole rings is 1. The second kappa shape index (κ2) is 4.63. The van der Waals surface area contributed by atoms with E-state index in [1.54, 1.807) is 6.07 Å². The van der Waals surface area contributed by atoms with Crippen molar-refractivity contribution in [1.29, 1.82) is 0 Å². The van der Waals surface area contributed by atoms with Crippen LogP contribution in [0, 0.1) is 13.8 Å². The molecular formula is C16H17N2O2+. The Morgan fingerprint density at radius 3 is 2.75 bits per heavy atom. The summed E-state index contributed by atoms with van der Waals surface area (Å²) in [7, 11) is 1.97. The van der Waals surface area contributed by atoms with Gasteiger partial charge < -0.3 is 4.42 Å². The zero-order valence-electron chi connectivity index (χ0n) is 11.9. The van der Waals surface area contributed by atoms with Crippen LogP contribution in [0.25, 0.3) is 11.0 Å². The molecule has 0 radical (unpaired) electrons. The maximum Gasteiger partial charge on any atom is 0.336 e. The fraction of sp³-hybridized carbons (Fsp3) is 0.250. The molecule has 0 fully saturated rings. The third-order valence-electron chi connectivity index (χ3n) is 3.44. The number of hydrogen-bond acceptors (Lipinski definition) is 2. The van der Waals surface area contributed by atoms with E-state index < -0.39 is 0 Å². The highest BCUT2D eigenvalue weighted by Crippen LogP contribution is 2.23. The van der Waals surface area contributed by atoms with Gasteiger partial charge in [-0.05, 0) is 31.0 Å². The Hall–Kier alpha value is -2.36. The van der Waals surface area contributed by atoms with Gasteiger partial charge in [0.25, 0.3) is 0 Å². The molecule has 0 saturated heterocycles. The van der Waals surface area contributed by atoms with Crippen LogP contribution in [0.2, 0.25) is 0 Å². The summed E-state index contributed by atoms with van der Waals surface area (Å²) in [4.78, 5) is 11.7. The average Bonchev–Trinajstić information content (AvgIpc) is 2.72. The first-order valence-corrected chi connectivity index (χ1v) is 6.58. The van der Waals surface area contributed by atoms with Gasteiger partial charge in [-0.2, -0.15) is 0 Å². The molecule has 3 rings (SSSR count). The lowest BCUT2D eigenvalue weighted by molar-refractivity contribution is -0.671. The van der Waals surface area contributed by atoms with E-state index in [0.29, 0.717) is 12.1 Å². The molecule has 0 amide bonds. The van der Waals surface area contributed by atoms with Crippen molar-refractivity contribution in [2.24, 2.45) is 7.05 Å². The molecule has 0 unspecified atom stereocenters. The molecule has 3 aromatic rings. The monoisotopic (exact) mass is 269 g/mol. The van der Waals surface area contributed by atoms with E-state index in [1.165, 1.54) is 0 Å². The molecule has 2 aromatic heterocycles. The summed E-state index contributed by atoms with van der Waals surface area (Å²) in [5.74, 6) is 0. The van der Waals surface area contributed by atoms with Crippen LogP contribution < -0.4 is 10.2 Å². The van der Waals surface area contributed by atoms with Crippen LogP contribution in [0.5, 0.6) is 0 Å². The first-order valence-electron chi connectivity index (χ1n) is 6.58. The van der Waals surface area contributed by atoms with E-state index in [4.69, 9.17) is 4.42 Å². The number of aromatic nitrogens is 2. The van der Waals surface area contributed by atoms with E-state index in [9.17, 15) is 4.79 Å². The Balaban J connectivity index is 2.21. The number of aryl methyl sites for hydroxylation is 3. The molecule has 0 saturated carbocycles. The quantitative estimate of drug-likeness (QED) is 0.528. The van der Waals surface area contributed by atoms with Crippen LogP contribution in [0.15, 0.2) is 46.1 Å². The van der Waals surface area contributed by atoms with Gasteiger partial charge in [-0.3, -0.25) is 0 Å². The van der Waals surface area contributed by atoms with Gasteiger partial charge in [0.2, 0.25) is 6.33 Å². The summed E-state index contributed by atoms with van der Waals surface area (Å²) >= 11 is 0. The van der Waals surface area contributed by atoms with Crippen molar-refractivity contribution in [1.82, 2.24) is 4.57 Å². The summed E-state index contributed by atoms with van der Waals surface area (Å²) in [6.45, 7) is 4.71. The van der Waals surface area contributed by atoms with Crippen molar-refractivity contribution in [2.75, 3.05) is 0 Å². The standard InChI is InChI=1S/C16H17N2O2/c1-11-6-12(2)16-13(8-15(19)20-14(16)7-11)9-18-5-4-17(3)10-18/h4-8,10H,9H2,1-3H3/q+1. The first-order chi connectivity index (χ1) is 9.52. The smallest absolute Gasteiger partial charge is 0.336 e. The Morgan fingerprint density at radius 2 is 2.05 bits per heavy atom. The van der Waals surface area contributed by atoms with E-state index in [1.807, 2.05) is 47.9 Å². The largest absolute Gasteiger partial charge is 0.423 e. The van der Waals surface area contributed by atoms with E-state index >= 15 is 0 Å². The van der Waals surface area contributed by atoms with Gasteiger partial charge in [0.05, 0.1) is 7.05 Å². The lowest BCUT2D eigenvalue weighted by Gasteiger charge is -2.07. The van der Waals surface area contributed by atoms with Crippen molar-refractivity contribution in [2.45, 2.75) is 20.4 Å². The first kappa shape index (κ1) is 12.7. The fourth-order valence-corrected chi connectivity index (χ4v) is 2.69. The van der Waals surface area contributed by atoms with Crippen LogP contribution in [-0.2, 0) is 13.6 Å². The van der Waals surface area contributed by atoms with E-state index in [2.05, 4.69) is 13.0 Å². The number of hydrogen-bond donors (Lipinski definition) is 0. The van der Waals surface area contributed by atoms with Gasteiger partial charge in [0.1, 0.15) is 24.5 Å². The molecule has 0 aliphatic heterocycles. The average molecular weight is 269 g/mol. The summed E-state index contributed by atoms with van der Waals surface area (Å²) in [5.41, 5.74) is 3.60. The lowest BCUT2D eigenvalue weighted by atomic mass is 10.0. The lowest BCUT2D eigenvalue weighted by Crippen LogP contribution is -2.23. The highest BCUT2D eigenvalue weighted by molar-refractivity contribution is 5.84. The number of fused-ring (bicyclic) bond motifs is 1. The third-order valence-corrected chi connectivity index (χ3v) is 3.44. The molecule has 4 nitrogen and oxygen atoms in total. The van der Waals surface area contributed by atoms with Crippen molar-refractivity contribution in [3.05, 3.63) is 64.0 Å². The molecule has 0 spiro atoms. The minimum absolute atomic E-state index is 0.297. The maximum atomic E-state index is 11.7. The Bertz CT molecular complexity index is 843. The van der Waals surface area contributed by atoms with Crippen LogP contribution in [-0.4, -0.2) is 4.57 Å². The Morgan fingerprint density at radius 1 is 1.25 bits per heavy atom. The number of nitrogens with zero attached hydrogens (tertiary/aromatic N) is 2. The molecule has 0 aliphatic rings. The zero-order valence-corrected chi connectivity index (χ0v) is 11.9. The SMILES string of the molecule is Cc1cc(C)c2c(Cn3cc[n+](C)c3)cc(=O)oc2c1. The molecule has 0 bridgehead atoms. The fourth-order valence-electron chi connectivity index (χ4n) is 2.69. The van der Waals surface area contributed by atoms with Crippen molar-refractivity contribution >= 4 is 11.0 Å². The number of rotatable bonds is 2. The van der Waals surface area contributed by atoms with E-state index in [0.717, 1.165) is 22.1 Å². The van der Waals surface area contributed by atoms with Crippen LogP contribution >= 0.6 is 0 Å². The predicted molar refractivity (Wildman–Crippen MR) is 76.7 cm³/mol. The van der Waals surface area contributed by atoms with Gasteiger partial charge >= 0.3 is 5.63 Å². The van der Waals surface area contributed by atoms with Crippen molar-refractivity contribution in [3.63, 3.8) is 0 Å². The predicted octanol–water partition coefficient (Wildman–Crippen LogP) is 2.08. The third kappa shape index (κ3) is 2.25. The summed E-state index contributed by atoms with van der Waals surface area (Å²) in [5, 5.41) is 1.03. The highest BCUT2D eigenvalue weighted by Gasteiger charge is 2.12. The topological polar surface area (TPSA) is 39.0 Å². The molecule has 102 valence electrons. The molecule has 2 heterocycles. The number of benzene rings is 1. The Kier molecular flexibility index (Phi) is 2.93. The van der Waals surface area contributed by atoms with Gasteiger partial charge in [-0.15, -0.1) is 0 Å². The van der Waals surface area contributed by atoms with Crippen LogP contribution in [0.1, 0.15) is 16.7 Å². The molecule has 20 heavy (non-hydrogen) atoms. The normalized spacial score (nSPS) is 11.2. The van der Waals surface area contributed by atoms with Gasteiger partial charge in [-0.25, -0.2) is 13.9 Å². The minimum atomic E-state index is -0.297. The minimum Gasteiger partial charge on any atom is -0.423 e. The Labute approximate surface area is 116 Å². The van der Waals surface area contributed by atoms with Crippen molar-refractivity contribution < 1.29 is 8.98 Å².